The Bertz CT molecular complexity index is 580. The smallest absolute Gasteiger partial charge is 0.281 e. The first-order valence-electron chi connectivity index (χ1n) is 8.75. The predicted octanol–water partition coefficient (Wildman–Crippen LogP) is 0.390. The third-order valence-corrected chi connectivity index (χ3v) is 7.81. The topological polar surface area (TPSA) is 70.2 Å². The summed E-state index contributed by atoms with van der Waals surface area (Å²) in [5.74, 6) is 0.736. The van der Waals surface area contributed by atoms with E-state index in [1.54, 1.807) is 21.2 Å². The summed E-state index contributed by atoms with van der Waals surface area (Å²) in [7, 11) is 1.38. The Balaban J connectivity index is 1.73. The molecule has 0 aromatic heterocycles. The van der Waals surface area contributed by atoms with Crippen molar-refractivity contribution in [3.63, 3.8) is 0 Å². The fourth-order valence-electron chi connectivity index (χ4n) is 4.13. The molecule has 1 atom stereocenters. The summed E-state index contributed by atoms with van der Waals surface area (Å²) in [5, 5.41) is 0. The van der Waals surface area contributed by atoms with Gasteiger partial charge in [-0.3, -0.25) is 4.79 Å². The molecule has 8 heteroatoms. The van der Waals surface area contributed by atoms with Crippen LogP contribution in [0.15, 0.2) is 0 Å². The van der Waals surface area contributed by atoms with Crippen molar-refractivity contribution < 1.29 is 17.9 Å². The number of piperidine rings is 1. The Morgan fingerprint density at radius 3 is 2.38 bits per heavy atom. The first kappa shape index (κ1) is 18.1. The zero-order valence-electron chi connectivity index (χ0n) is 14.9. The highest BCUT2D eigenvalue weighted by Gasteiger charge is 2.54. The van der Waals surface area contributed by atoms with Gasteiger partial charge in [-0.25, -0.2) is 0 Å². The van der Waals surface area contributed by atoms with Crippen LogP contribution >= 0.6 is 0 Å². The second kappa shape index (κ2) is 6.55. The molecule has 0 N–H and O–H groups in total. The lowest BCUT2D eigenvalue weighted by Gasteiger charge is -2.41. The lowest BCUT2D eigenvalue weighted by molar-refractivity contribution is -0.133. The minimum absolute atomic E-state index is 0.134. The quantitative estimate of drug-likeness (QED) is 0.688. The molecule has 0 aromatic rings. The number of carbonyl (C=O) groups excluding carboxylic acids is 1. The minimum atomic E-state index is -3.38. The summed E-state index contributed by atoms with van der Waals surface area (Å²) in [6.07, 6.45) is 3.89. The average molecular weight is 359 g/mol. The van der Waals surface area contributed by atoms with Crippen LogP contribution in [0.5, 0.6) is 0 Å². The van der Waals surface area contributed by atoms with Gasteiger partial charge in [0.25, 0.3) is 10.2 Å². The van der Waals surface area contributed by atoms with Gasteiger partial charge in [0, 0.05) is 52.8 Å². The van der Waals surface area contributed by atoms with Crippen LogP contribution in [0.3, 0.4) is 0 Å². The normalized spacial score (nSPS) is 28.2. The zero-order chi connectivity index (χ0) is 17.5. The maximum Gasteiger partial charge on any atom is 0.281 e. The maximum absolute atomic E-state index is 12.8. The molecule has 24 heavy (non-hydrogen) atoms. The predicted molar refractivity (Wildman–Crippen MR) is 90.5 cm³/mol. The van der Waals surface area contributed by atoms with Crippen LogP contribution in [-0.2, 0) is 19.7 Å². The molecule has 2 heterocycles. The summed E-state index contributed by atoms with van der Waals surface area (Å²) >= 11 is 0. The summed E-state index contributed by atoms with van der Waals surface area (Å²) in [6.45, 7) is 3.00. The van der Waals surface area contributed by atoms with E-state index in [1.165, 1.54) is 21.5 Å². The summed E-state index contributed by atoms with van der Waals surface area (Å²) < 4.78 is 32.8. The zero-order valence-corrected chi connectivity index (χ0v) is 15.7. The molecule has 138 valence electrons. The van der Waals surface area contributed by atoms with E-state index < -0.39 is 10.2 Å². The molecule has 0 bridgehead atoms. The molecule has 1 saturated carbocycles. The number of hydrogen-bond acceptors (Lipinski definition) is 4. The van der Waals surface area contributed by atoms with E-state index in [-0.39, 0.29) is 17.2 Å². The monoisotopic (exact) mass is 359 g/mol. The van der Waals surface area contributed by atoms with Crippen LogP contribution in [-0.4, -0.2) is 81.8 Å². The number of ether oxygens (including phenoxy) is 1. The summed E-state index contributed by atoms with van der Waals surface area (Å²) in [5.41, 5.74) is -0.139. The number of rotatable bonds is 6. The van der Waals surface area contributed by atoms with E-state index in [9.17, 15) is 13.2 Å². The van der Waals surface area contributed by atoms with E-state index in [0.717, 1.165) is 25.9 Å². The number of likely N-dealkylation sites (tertiary alicyclic amines) is 1. The van der Waals surface area contributed by atoms with Gasteiger partial charge in [-0.15, -0.1) is 0 Å². The molecule has 0 aromatic carbocycles. The van der Waals surface area contributed by atoms with Crippen LogP contribution in [0, 0.1) is 17.3 Å². The molecule has 7 nitrogen and oxygen atoms in total. The van der Waals surface area contributed by atoms with E-state index in [4.69, 9.17) is 4.74 Å². The molecule has 3 rings (SSSR count). The van der Waals surface area contributed by atoms with Crippen molar-refractivity contribution in [1.29, 1.82) is 0 Å². The average Bonchev–Trinajstić information content (AvgIpc) is 3.31. The van der Waals surface area contributed by atoms with Crippen molar-refractivity contribution in [1.82, 2.24) is 13.5 Å². The highest BCUT2D eigenvalue weighted by atomic mass is 32.2. The lowest BCUT2D eigenvalue weighted by Crippen LogP contribution is -2.50. The molecule has 2 saturated heterocycles. The number of hydrogen-bond donors (Lipinski definition) is 0. The van der Waals surface area contributed by atoms with Crippen molar-refractivity contribution in [2.75, 3.05) is 54.0 Å². The molecule has 1 amide bonds. The van der Waals surface area contributed by atoms with Crippen LogP contribution < -0.4 is 0 Å². The van der Waals surface area contributed by atoms with E-state index >= 15 is 0 Å². The molecule has 1 spiro atoms. The van der Waals surface area contributed by atoms with Crippen molar-refractivity contribution in [2.45, 2.75) is 25.7 Å². The first-order chi connectivity index (χ1) is 11.3. The SMILES string of the molecule is COC[C@@H]1C(=O)N(CC2CC2)CC12CCN(S(=O)(=O)N(C)C)CC2. The van der Waals surface area contributed by atoms with Crippen molar-refractivity contribution in [3.8, 4) is 0 Å². The second-order valence-electron chi connectivity index (χ2n) is 7.72. The third-order valence-electron chi connectivity index (χ3n) is 5.87. The number of nitrogens with zero attached hydrogens (tertiary/aromatic N) is 3. The highest BCUT2D eigenvalue weighted by molar-refractivity contribution is 7.86. The standard InChI is InChI=1S/C16H29N3O4S/c1-17(2)24(21,22)19-8-6-16(7-9-19)12-18(10-13-4-5-13)15(20)14(16)11-23-3/h13-14H,4-12H2,1-3H3/t14-/m1/s1. The Hall–Kier alpha value is -0.700. The van der Waals surface area contributed by atoms with Crippen LogP contribution in [0.4, 0.5) is 0 Å². The van der Waals surface area contributed by atoms with Crippen molar-refractivity contribution in [2.24, 2.45) is 17.3 Å². The maximum atomic E-state index is 12.8. The van der Waals surface area contributed by atoms with Crippen LogP contribution in [0.25, 0.3) is 0 Å². The molecular formula is C16H29N3O4S. The van der Waals surface area contributed by atoms with Crippen LogP contribution in [0.2, 0.25) is 0 Å². The molecule has 0 radical (unpaired) electrons. The molecular weight excluding hydrogens is 330 g/mol. The Morgan fingerprint density at radius 2 is 1.88 bits per heavy atom. The van der Waals surface area contributed by atoms with Gasteiger partial charge in [-0.05, 0) is 31.6 Å². The minimum Gasteiger partial charge on any atom is -0.384 e. The molecule has 0 unspecified atom stereocenters. The van der Waals surface area contributed by atoms with Gasteiger partial charge in [-0.2, -0.15) is 17.0 Å². The van der Waals surface area contributed by atoms with Gasteiger partial charge >= 0.3 is 0 Å². The van der Waals surface area contributed by atoms with Crippen molar-refractivity contribution in [3.05, 3.63) is 0 Å². The number of methoxy groups -OCH3 is 1. The second-order valence-corrected chi connectivity index (χ2v) is 9.86. The molecule has 1 aliphatic carbocycles. The fraction of sp³-hybridized carbons (Fsp3) is 0.938. The van der Waals surface area contributed by atoms with Gasteiger partial charge in [0.15, 0.2) is 0 Å². The van der Waals surface area contributed by atoms with E-state index in [0.29, 0.717) is 25.6 Å². The van der Waals surface area contributed by atoms with E-state index in [1.807, 2.05) is 4.90 Å². The largest absolute Gasteiger partial charge is 0.384 e. The fourth-order valence-corrected chi connectivity index (χ4v) is 5.24. The van der Waals surface area contributed by atoms with Gasteiger partial charge < -0.3 is 9.64 Å². The lowest BCUT2D eigenvalue weighted by atomic mass is 9.71. The Labute approximate surface area is 145 Å². The number of carbonyl (C=O) groups is 1. The van der Waals surface area contributed by atoms with Gasteiger partial charge in [0.1, 0.15) is 0 Å². The van der Waals surface area contributed by atoms with Gasteiger partial charge in [0.05, 0.1) is 12.5 Å². The number of amides is 1. The van der Waals surface area contributed by atoms with Crippen LogP contribution in [0.1, 0.15) is 25.7 Å². The summed E-state index contributed by atoms with van der Waals surface area (Å²) in [6, 6.07) is 0. The first-order valence-corrected chi connectivity index (χ1v) is 10.2. The van der Waals surface area contributed by atoms with Crippen molar-refractivity contribution >= 4 is 16.1 Å². The Morgan fingerprint density at radius 1 is 1.25 bits per heavy atom. The highest BCUT2D eigenvalue weighted by Crippen LogP contribution is 2.47. The summed E-state index contributed by atoms with van der Waals surface area (Å²) in [4.78, 5) is 14.8. The molecule has 2 aliphatic heterocycles. The third kappa shape index (κ3) is 3.21. The van der Waals surface area contributed by atoms with Gasteiger partial charge in [-0.1, -0.05) is 0 Å². The molecule has 3 fully saturated rings. The molecule has 3 aliphatic rings. The van der Waals surface area contributed by atoms with E-state index in [2.05, 4.69) is 0 Å². The Kier molecular flexibility index (Phi) is 4.94. The van der Waals surface area contributed by atoms with Gasteiger partial charge in [0.2, 0.25) is 5.91 Å².